The van der Waals surface area contributed by atoms with Gasteiger partial charge in [0, 0.05) is 24.3 Å². The first kappa shape index (κ1) is 21.0. The number of fused-ring (bicyclic) bond motifs is 2. The zero-order chi connectivity index (χ0) is 23.3. The van der Waals surface area contributed by atoms with E-state index in [0.29, 0.717) is 18.7 Å². The van der Waals surface area contributed by atoms with E-state index in [1.807, 2.05) is 13.0 Å². The highest BCUT2D eigenvalue weighted by molar-refractivity contribution is 5.99. The van der Waals surface area contributed by atoms with Crippen LogP contribution in [0.15, 0.2) is 36.4 Å². The predicted octanol–water partition coefficient (Wildman–Crippen LogP) is 3.87. The number of aromatic amines is 2. The average molecular weight is 456 g/mol. The van der Waals surface area contributed by atoms with Gasteiger partial charge in [-0.25, -0.2) is 9.97 Å². The van der Waals surface area contributed by atoms with Gasteiger partial charge in [-0.1, -0.05) is 0 Å². The first-order valence-electron chi connectivity index (χ1n) is 10.3. The van der Waals surface area contributed by atoms with Crippen molar-refractivity contribution in [3.63, 3.8) is 0 Å². The highest BCUT2D eigenvalue weighted by Gasteiger charge is 2.35. The van der Waals surface area contributed by atoms with Gasteiger partial charge in [-0.15, -0.1) is 0 Å². The Morgan fingerprint density at radius 1 is 1.06 bits per heavy atom. The third kappa shape index (κ3) is 4.01. The van der Waals surface area contributed by atoms with Crippen LogP contribution in [-0.4, -0.2) is 49.7 Å². The number of carbonyl (C=O) groups excluding carboxylic acids is 2. The molecular formula is C22H19F3N6O2. The fourth-order valence-electron chi connectivity index (χ4n) is 4.08. The minimum Gasteiger partial charge on any atom is -0.342 e. The van der Waals surface area contributed by atoms with E-state index < -0.39 is 12.0 Å². The Kier molecular flexibility index (Phi) is 4.84. The van der Waals surface area contributed by atoms with Crippen molar-refractivity contribution >= 4 is 39.6 Å². The van der Waals surface area contributed by atoms with Gasteiger partial charge in [0.25, 0.3) is 5.91 Å². The number of carbonyl (C=O) groups is 2. The molecule has 1 fully saturated rings. The molecule has 8 nitrogen and oxygen atoms in total. The summed E-state index contributed by atoms with van der Waals surface area (Å²) < 4.78 is 38.6. The van der Waals surface area contributed by atoms with Gasteiger partial charge in [0.2, 0.25) is 11.7 Å². The van der Waals surface area contributed by atoms with Gasteiger partial charge < -0.3 is 20.2 Å². The maximum atomic E-state index is 12.9. The van der Waals surface area contributed by atoms with Crippen LogP contribution in [-0.2, 0) is 11.0 Å². The largest absolute Gasteiger partial charge is 0.449 e. The molecule has 1 unspecified atom stereocenters. The summed E-state index contributed by atoms with van der Waals surface area (Å²) >= 11 is 0. The number of hydrogen-bond acceptors (Lipinski definition) is 4. The number of likely N-dealkylation sites (tertiary alicyclic amines) is 1. The molecule has 1 atom stereocenters. The van der Waals surface area contributed by atoms with Gasteiger partial charge in [-0.3, -0.25) is 9.59 Å². The summed E-state index contributed by atoms with van der Waals surface area (Å²) in [6.07, 6.45) is -4.10. The lowest BCUT2D eigenvalue weighted by molar-refractivity contribution is -0.144. The summed E-state index contributed by atoms with van der Waals surface area (Å²) in [5.41, 5.74) is 2.75. The Morgan fingerprint density at radius 2 is 1.79 bits per heavy atom. The Morgan fingerprint density at radius 3 is 2.58 bits per heavy atom. The highest BCUT2D eigenvalue weighted by atomic mass is 19.4. The Balaban J connectivity index is 1.26. The predicted molar refractivity (Wildman–Crippen MR) is 115 cm³/mol. The molecule has 4 aromatic rings. The minimum atomic E-state index is -4.60. The first-order valence-corrected chi connectivity index (χ1v) is 10.3. The smallest absolute Gasteiger partial charge is 0.342 e. The number of alkyl halides is 3. The van der Waals surface area contributed by atoms with Crippen molar-refractivity contribution in [3.05, 3.63) is 53.6 Å². The van der Waals surface area contributed by atoms with Crippen LogP contribution in [0.5, 0.6) is 0 Å². The van der Waals surface area contributed by atoms with Crippen LogP contribution in [0.1, 0.15) is 28.4 Å². The molecule has 33 heavy (non-hydrogen) atoms. The van der Waals surface area contributed by atoms with Crippen LogP contribution in [0.2, 0.25) is 0 Å². The maximum Gasteiger partial charge on any atom is 0.449 e. The van der Waals surface area contributed by atoms with Gasteiger partial charge in [-0.05, 0) is 49.7 Å². The number of benzene rings is 2. The average Bonchev–Trinajstić information content (AvgIpc) is 3.49. The SMILES string of the molecule is Cc1nc2ccc(NC(=O)C3CCN(C(=O)c4ccc5nc(C(F)(F)F)[nH]c5c4)C3)cc2[nH]1. The molecule has 0 saturated carbocycles. The van der Waals surface area contributed by atoms with Crippen molar-refractivity contribution in [2.45, 2.75) is 19.5 Å². The molecule has 2 amide bonds. The number of aryl methyl sites for hydroxylation is 1. The second kappa shape index (κ2) is 7.61. The number of imidazole rings is 2. The standard InChI is InChI=1S/C22H19F3N6O2/c1-11-26-15-5-3-14(9-18(15)27-11)28-19(32)13-6-7-31(10-13)20(33)12-2-4-16-17(8-12)30-21(29-16)22(23,24)25/h2-5,8-9,13H,6-7,10H2,1H3,(H,26,27)(H,28,32)(H,29,30). The van der Waals surface area contributed by atoms with Crippen molar-refractivity contribution in [2.24, 2.45) is 5.92 Å². The monoisotopic (exact) mass is 456 g/mol. The number of aromatic nitrogens is 4. The first-order chi connectivity index (χ1) is 15.7. The van der Waals surface area contributed by atoms with Crippen LogP contribution in [0.3, 0.4) is 0 Å². The summed E-state index contributed by atoms with van der Waals surface area (Å²) in [4.78, 5) is 40.3. The third-order valence-electron chi connectivity index (χ3n) is 5.71. The topological polar surface area (TPSA) is 107 Å². The van der Waals surface area contributed by atoms with Crippen molar-refractivity contribution < 1.29 is 22.8 Å². The van der Waals surface area contributed by atoms with Crippen LogP contribution >= 0.6 is 0 Å². The number of nitrogens with zero attached hydrogens (tertiary/aromatic N) is 3. The normalized spacial score (nSPS) is 16.6. The second-order valence-corrected chi connectivity index (χ2v) is 8.10. The van der Waals surface area contributed by atoms with E-state index >= 15 is 0 Å². The zero-order valence-electron chi connectivity index (χ0n) is 17.5. The summed E-state index contributed by atoms with van der Waals surface area (Å²) in [5.74, 6) is -1.25. The molecule has 0 spiro atoms. The van der Waals surface area contributed by atoms with Crippen LogP contribution in [0.4, 0.5) is 18.9 Å². The van der Waals surface area contributed by atoms with E-state index in [9.17, 15) is 22.8 Å². The molecule has 1 aliphatic heterocycles. The van der Waals surface area contributed by atoms with Crippen LogP contribution < -0.4 is 5.32 Å². The van der Waals surface area contributed by atoms with Crippen LogP contribution in [0.25, 0.3) is 22.1 Å². The van der Waals surface area contributed by atoms with Gasteiger partial charge >= 0.3 is 6.18 Å². The molecule has 11 heteroatoms. The van der Waals surface area contributed by atoms with Crippen molar-refractivity contribution in [3.8, 4) is 0 Å². The Bertz CT molecular complexity index is 1390. The molecule has 2 aromatic carbocycles. The lowest BCUT2D eigenvalue weighted by Gasteiger charge is -2.16. The lowest BCUT2D eigenvalue weighted by Crippen LogP contribution is -2.31. The molecule has 0 aliphatic carbocycles. The van der Waals surface area contributed by atoms with Crippen LogP contribution in [0, 0.1) is 12.8 Å². The number of amides is 2. The molecule has 2 aromatic heterocycles. The second-order valence-electron chi connectivity index (χ2n) is 8.10. The number of anilines is 1. The molecule has 170 valence electrons. The molecule has 1 saturated heterocycles. The number of rotatable bonds is 3. The summed E-state index contributed by atoms with van der Waals surface area (Å²) in [7, 11) is 0. The van der Waals surface area contributed by atoms with Crippen molar-refractivity contribution in [1.29, 1.82) is 0 Å². The van der Waals surface area contributed by atoms with E-state index in [1.54, 1.807) is 12.1 Å². The van der Waals surface area contributed by atoms with E-state index in [0.717, 1.165) is 16.9 Å². The third-order valence-corrected chi connectivity index (χ3v) is 5.71. The van der Waals surface area contributed by atoms with E-state index in [2.05, 4.69) is 25.3 Å². The number of nitrogens with one attached hydrogen (secondary N) is 3. The molecule has 0 radical (unpaired) electrons. The molecule has 3 N–H and O–H groups in total. The van der Waals surface area contributed by atoms with E-state index in [1.165, 1.54) is 23.1 Å². The molecular weight excluding hydrogens is 437 g/mol. The minimum absolute atomic E-state index is 0.127. The highest BCUT2D eigenvalue weighted by Crippen LogP contribution is 2.29. The Labute approximate surface area is 185 Å². The zero-order valence-corrected chi connectivity index (χ0v) is 17.5. The van der Waals surface area contributed by atoms with Gasteiger partial charge in [0.15, 0.2) is 0 Å². The number of halogens is 3. The van der Waals surface area contributed by atoms with Gasteiger partial charge in [0.05, 0.1) is 28.0 Å². The summed E-state index contributed by atoms with van der Waals surface area (Å²) in [6, 6.07) is 9.57. The molecule has 0 bridgehead atoms. The molecule has 3 heterocycles. The summed E-state index contributed by atoms with van der Waals surface area (Å²) in [5, 5.41) is 2.88. The van der Waals surface area contributed by atoms with Gasteiger partial charge in [0.1, 0.15) is 5.82 Å². The molecule has 1 aliphatic rings. The fraction of sp³-hybridized carbons (Fsp3) is 0.273. The van der Waals surface area contributed by atoms with Crippen molar-refractivity contribution in [2.75, 3.05) is 18.4 Å². The van der Waals surface area contributed by atoms with E-state index in [-0.39, 0.29) is 40.9 Å². The number of hydrogen-bond donors (Lipinski definition) is 3. The Hall–Kier alpha value is -3.89. The quantitative estimate of drug-likeness (QED) is 0.435. The van der Waals surface area contributed by atoms with Crippen molar-refractivity contribution in [1.82, 2.24) is 24.8 Å². The van der Waals surface area contributed by atoms with Gasteiger partial charge in [-0.2, -0.15) is 13.2 Å². The number of H-pyrrole nitrogens is 2. The fourth-order valence-corrected chi connectivity index (χ4v) is 4.08. The molecule has 5 rings (SSSR count). The maximum absolute atomic E-state index is 12.9. The lowest BCUT2D eigenvalue weighted by atomic mass is 10.1. The van der Waals surface area contributed by atoms with E-state index in [4.69, 9.17) is 0 Å². The summed E-state index contributed by atoms with van der Waals surface area (Å²) in [6.45, 7) is 2.46.